The largest absolute Gasteiger partial charge is 0.322 e. The van der Waals surface area contributed by atoms with Gasteiger partial charge in [0, 0.05) is 29.8 Å². The van der Waals surface area contributed by atoms with Crippen molar-refractivity contribution in [2.45, 2.75) is 34.2 Å². The molecule has 2 aromatic rings. The molecule has 2 heterocycles. The van der Waals surface area contributed by atoms with E-state index in [9.17, 15) is 4.79 Å². The topological polar surface area (TPSA) is 58.1 Å². The molecule has 2 amide bonds. The second kappa shape index (κ2) is 7.72. The summed E-state index contributed by atoms with van der Waals surface area (Å²) in [7, 11) is 0. The Morgan fingerprint density at radius 1 is 1.22 bits per heavy atom. The van der Waals surface area contributed by atoms with E-state index in [1.165, 1.54) is 0 Å². The van der Waals surface area contributed by atoms with Crippen LogP contribution in [0.2, 0.25) is 0 Å². The lowest BCUT2D eigenvalue weighted by atomic mass is 10.2. The van der Waals surface area contributed by atoms with Gasteiger partial charge in [-0.25, -0.2) is 4.79 Å². The Hall–Kier alpha value is -2.43. The molecule has 0 atom stereocenters. The average Bonchev–Trinajstić information content (AvgIpc) is 2.46. The first-order valence-corrected chi connectivity index (χ1v) is 7.85. The Bertz CT molecular complexity index is 635. The van der Waals surface area contributed by atoms with Crippen LogP contribution in [0.25, 0.3) is 0 Å². The average molecular weight is 312 g/mol. The molecule has 0 aromatic carbocycles. The number of aromatic nitrogens is 2. The maximum atomic E-state index is 12.6. The number of anilines is 1. The van der Waals surface area contributed by atoms with Gasteiger partial charge in [-0.05, 0) is 44.0 Å². The molecule has 5 nitrogen and oxygen atoms in total. The van der Waals surface area contributed by atoms with E-state index in [4.69, 9.17) is 0 Å². The monoisotopic (exact) mass is 312 g/mol. The van der Waals surface area contributed by atoms with Gasteiger partial charge in [0.1, 0.15) is 0 Å². The number of carbonyl (C=O) groups excluding carboxylic acids is 1. The molecule has 0 fully saturated rings. The minimum Gasteiger partial charge on any atom is -0.318 e. The summed E-state index contributed by atoms with van der Waals surface area (Å²) in [5.74, 6) is 0.380. The number of urea groups is 1. The predicted octanol–water partition coefficient (Wildman–Crippen LogP) is 3.78. The summed E-state index contributed by atoms with van der Waals surface area (Å²) < 4.78 is 0. The Morgan fingerprint density at radius 3 is 2.48 bits per heavy atom. The van der Waals surface area contributed by atoms with E-state index in [-0.39, 0.29) is 6.03 Å². The molecule has 0 radical (unpaired) electrons. The molecule has 0 aliphatic rings. The molecule has 1 N–H and O–H groups in total. The number of aryl methyl sites for hydroxylation is 2. The molecule has 0 spiro atoms. The molecule has 2 rings (SSSR count). The third kappa shape index (κ3) is 5.36. The molecule has 0 bridgehead atoms. The summed E-state index contributed by atoms with van der Waals surface area (Å²) in [6.45, 7) is 9.20. The van der Waals surface area contributed by atoms with Crippen molar-refractivity contribution in [3.63, 3.8) is 0 Å². The zero-order valence-corrected chi connectivity index (χ0v) is 14.2. The van der Waals surface area contributed by atoms with E-state index in [2.05, 4.69) is 29.1 Å². The fourth-order valence-corrected chi connectivity index (χ4v) is 2.46. The van der Waals surface area contributed by atoms with Crippen LogP contribution in [0.5, 0.6) is 0 Å². The second-order valence-electron chi connectivity index (χ2n) is 6.16. The Morgan fingerprint density at radius 2 is 1.91 bits per heavy atom. The molecule has 5 heteroatoms. The first-order chi connectivity index (χ1) is 10.9. The summed E-state index contributed by atoms with van der Waals surface area (Å²) in [5.41, 5.74) is 3.43. The van der Waals surface area contributed by atoms with Crippen LogP contribution in [0.1, 0.15) is 30.9 Å². The highest BCUT2D eigenvalue weighted by Gasteiger charge is 2.16. The number of pyridine rings is 2. The minimum atomic E-state index is -0.116. The van der Waals surface area contributed by atoms with Crippen molar-refractivity contribution < 1.29 is 4.79 Å². The smallest absolute Gasteiger partial charge is 0.318 e. The Kier molecular flexibility index (Phi) is 5.68. The molecule has 0 unspecified atom stereocenters. The maximum Gasteiger partial charge on any atom is 0.322 e. The SMILES string of the molecule is Cc1cc(NC(=O)N(Cc2ccccn2)CC(C)C)cc(C)n1. The van der Waals surface area contributed by atoms with Crippen molar-refractivity contribution in [2.24, 2.45) is 5.92 Å². The quantitative estimate of drug-likeness (QED) is 0.914. The normalized spacial score (nSPS) is 10.7. The van der Waals surface area contributed by atoms with E-state index in [0.29, 0.717) is 19.0 Å². The molecule has 0 saturated carbocycles. The number of nitrogens with zero attached hydrogens (tertiary/aromatic N) is 3. The van der Waals surface area contributed by atoms with Crippen molar-refractivity contribution in [1.82, 2.24) is 14.9 Å². The van der Waals surface area contributed by atoms with Gasteiger partial charge >= 0.3 is 6.03 Å². The number of hydrogen-bond donors (Lipinski definition) is 1. The van der Waals surface area contributed by atoms with Gasteiger partial charge in [0.2, 0.25) is 0 Å². The molecule has 0 aliphatic heterocycles. The maximum absolute atomic E-state index is 12.6. The molecule has 2 aromatic heterocycles. The summed E-state index contributed by atoms with van der Waals surface area (Å²) in [6, 6.07) is 9.37. The predicted molar refractivity (Wildman–Crippen MR) is 92.2 cm³/mol. The summed E-state index contributed by atoms with van der Waals surface area (Å²) in [5, 5.41) is 2.97. The van der Waals surface area contributed by atoms with Crippen LogP contribution in [-0.2, 0) is 6.54 Å². The third-order valence-electron chi connectivity index (χ3n) is 3.28. The first kappa shape index (κ1) is 16.9. The first-order valence-electron chi connectivity index (χ1n) is 7.85. The van der Waals surface area contributed by atoms with E-state index >= 15 is 0 Å². The van der Waals surface area contributed by atoms with Crippen LogP contribution in [0.15, 0.2) is 36.5 Å². The second-order valence-corrected chi connectivity index (χ2v) is 6.16. The van der Waals surface area contributed by atoms with Crippen LogP contribution < -0.4 is 5.32 Å². The highest BCUT2D eigenvalue weighted by molar-refractivity contribution is 5.89. The fraction of sp³-hybridized carbons (Fsp3) is 0.389. The van der Waals surface area contributed by atoms with Gasteiger partial charge in [-0.3, -0.25) is 9.97 Å². The Labute approximate surface area is 137 Å². The van der Waals surface area contributed by atoms with Gasteiger partial charge in [0.25, 0.3) is 0 Å². The fourth-order valence-electron chi connectivity index (χ4n) is 2.46. The summed E-state index contributed by atoms with van der Waals surface area (Å²) >= 11 is 0. The van der Waals surface area contributed by atoms with E-state index in [0.717, 1.165) is 22.8 Å². The van der Waals surface area contributed by atoms with Gasteiger partial charge in [-0.1, -0.05) is 19.9 Å². The zero-order chi connectivity index (χ0) is 16.8. The van der Waals surface area contributed by atoms with Crippen molar-refractivity contribution in [3.05, 3.63) is 53.6 Å². The number of hydrogen-bond acceptors (Lipinski definition) is 3. The standard InChI is InChI=1S/C18H24N4O/c1-13(2)11-22(12-16-7-5-6-8-19-16)18(23)21-17-9-14(3)20-15(4)10-17/h5-10,13H,11-12H2,1-4H3,(H,20,21,23). The Balaban J connectivity index is 2.12. The lowest BCUT2D eigenvalue weighted by Gasteiger charge is -2.24. The zero-order valence-electron chi connectivity index (χ0n) is 14.2. The number of rotatable bonds is 5. The van der Waals surface area contributed by atoms with Gasteiger partial charge in [0.15, 0.2) is 0 Å². The van der Waals surface area contributed by atoms with Gasteiger partial charge in [-0.15, -0.1) is 0 Å². The van der Waals surface area contributed by atoms with Crippen molar-refractivity contribution in [3.8, 4) is 0 Å². The molecule has 23 heavy (non-hydrogen) atoms. The molecular formula is C18H24N4O. The van der Waals surface area contributed by atoms with Crippen LogP contribution in [0, 0.1) is 19.8 Å². The highest BCUT2D eigenvalue weighted by Crippen LogP contribution is 2.13. The lowest BCUT2D eigenvalue weighted by molar-refractivity contribution is 0.201. The molecular weight excluding hydrogens is 288 g/mol. The molecule has 0 aliphatic carbocycles. The third-order valence-corrected chi connectivity index (χ3v) is 3.28. The number of amides is 2. The van der Waals surface area contributed by atoms with Crippen molar-refractivity contribution >= 4 is 11.7 Å². The van der Waals surface area contributed by atoms with Gasteiger partial charge < -0.3 is 10.2 Å². The van der Waals surface area contributed by atoms with Gasteiger partial charge in [0.05, 0.1) is 12.2 Å². The minimum absolute atomic E-state index is 0.116. The van der Waals surface area contributed by atoms with E-state index in [1.807, 2.05) is 44.2 Å². The summed E-state index contributed by atoms with van der Waals surface area (Å²) in [4.78, 5) is 23.1. The molecule has 0 saturated heterocycles. The van der Waals surface area contributed by atoms with Crippen molar-refractivity contribution in [2.75, 3.05) is 11.9 Å². The van der Waals surface area contributed by atoms with Crippen LogP contribution in [0.3, 0.4) is 0 Å². The molecule has 122 valence electrons. The number of carbonyl (C=O) groups is 1. The summed E-state index contributed by atoms with van der Waals surface area (Å²) in [6.07, 6.45) is 1.75. The van der Waals surface area contributed by atoms with Crippen LogP contribution >= 0.6 is 0 Å². The van der Waals surface area contributed by atoms with Gasteiger partial charge in [-0.2, -0.15) is 0 Å². The van der Waals surface area contributed by atoms with E-state index < -0.39 is 0 Å². The van der Waals surface area contributed by atoms with E-state index in [1.54, 1.807) is 11.1 Å². The lowest BCUT2D eigenvalue weighted by Crippen LogP contribution is -2.37. The van der Waals surface area contributed by atoms with Crippen molar-refractivity contribution in [1.29, 1.82) is 0 Å². The highest BCUT2D eigenvalue weighted by atomic mass is 16.2. The van der Waals surface area contributed by atoms with Crippen LogP contribution in [0.4, 0.5) is 10.5 Å². The van der Waals surface area contributed by atoms with Crippen LogP contribution in [-0.4, -0.2) is 27.4 Å². The number of nitrogens with one attached hydrogen (secondary N) is 1.